The Kier molecular flexibility index (Phi) is 12.7. The first-order chi connectivity index (χ1) is 23.8. The largest absolute Gasteiger partial charge is 0.512 e. The van der Waals surface area contributed by atoms with Crippen LogP contribution in [0.4, 0.5) is 4.39 Å². The maximum Gasteiger partial charge on any atom is 0.164 e. The predicted octanol–water partition coefficient (Wildman–Crippen LogP) is 12.5. The van der Waals surface area contributed by atoms with Gasteiger partial charge in [-0.3, -0.25) is 9.78 Å². The summed E-state index contributed by atoms with van der Waals surface area (Å²) < 4.78 is 13.5. The average Bonchev–Trinajstić information content (AvgIpc) is 3.13. The zero-order chi connectivity index (χ0) is 36.2. The van der Waals surface area contributed by atoms with Crippen LogP contribution in [0.1, 0.15) is 78.4 Å². The van der Waals surface area contributed by atoms with E-state index in [0.717, 1.165) is 75.3 Å². The number of hydrogen-bond acceptors (Lipinski definition) is 4. The summed E-state index contributed by atoms with van der Waals surface area (Å²) in [6.45, 7) is 16.3. The molecule has 0 saturated carbocycles. The second kappa shape index (κ2) is 16.4. The Morgan fingerprint density at radius 3 is 2.06 bits per heavy atom. The summed E-state index contributed by atoms with van der Waals surface area (Å²) in [5, 5.41) is 15.6. The molecule has 4 nitrogen and oxygen atoms in total. The number of halogens is 1. The second-order valence-corrected chi connectivity index (χ2v) is 14.0. The van der Waals surface area contributed by atoms with Crippen molar-refractivity contribution in [3.63, 3.8) is 0 Å². The van der Waals surface area contributed by atoms with Crippen LogP contribution in [0, 0.1) is 36.6 Å². The van der Waals surface area contributed by atoms with Gasteiger partial charge in [0.25, 0.3) is 0 Å². The topological polar surface area (TPSA) is 63.1 Å². The van der Waals surface area contributed by atoms with E-state index in [1.165, 1.54) is 34.7 Å². The number of carbonyl (C=O) groups is 1. The molecule has 6 aromatic rings. The van der Waals surface area contributed by atoms with Gasteiger partial charge in [-0.25, -0.2) is 4.39 Å². The van der Waals surface area contributed by atoms with Crippen LogP contribution in [-0.4, -0.2) is 20.9 Å². The van der Waals surface area contributed by atoms with Gasteiger partial charge >= 0.3 is 0 Å². The zero-order valence-corrected chi connectivity index (χ0v) is 33.3. The molecule has 2 aromatic heterocycles. The molecule has 0 unspecified atom stereocenters. The number of rotatable bonds is 9. The number of hydrogen-bond donors (Lipinski definition) is 1. The standard InChI is InChI=1S/C30H20FN2.C15H28O2.Ir/c1-18-11-19(2)13-24(12-18)30-28-8-6-22-14-20(5-7-26(22)27(28)9-10-32-30)21-3-4-23-15-25(31)17-33-29(23)16-21;1-7-14(5,8-2)12(16)11-13(17)15(6,9-3)10-4;/h3-12,14-17H,1-2H3;11,16H,7-10H2,1-6H3;/q-1;;/b;12-11-;. The van der Waals surface area contributed by atoms with Gasteiger partial charge in [-0.2, -0.15) is 0 Å². The van der Waals surface area contributed by atoms with E-state index in [1.54, 1.807) is 0 Å². The molecule has 0 aliphatic heterocycles. The molecule has 1 radical (unpaired) electrons. The van der Waals surface area contributed by atoms with Crippen LogP contribution < -0.4 is 0 Å². The monoisotopic (exact) mass is 860 g/mol. The van der Waals surface area contributed by atoms with Crippen molar-refractivity contribution in [2.45, 2.75) is 81.1 Å². The van der Waals surface area contributed by atoms with E-state index in [1.807, 2.05) is 65.9 Å². The minimum Gasteiger partial charge on any atom is -0.512 e. The van der Waals surface area contributed by atoms with E-state index in [9.17, 15) is 14.3 Å². The van der Waals surface area contributed by atoms with E-state index in [2.05, 4.69) is 73.4 Å². The first-order valence-electron chi connectivity index (χ1n) is 17.7. The van der Waals surface area contributed by atoms with Crippen LogP contribution in [0.15, 0.2) is 97.0 Å². The number of allylic oxidation sites excluding steroid dienone is 2. The minimum atomic E-state index is -0.337. The Labute approximate surface area is 315 Å². The first-order valence-corrected chi connectivity index (χ1v) is 17.7. The number of aliphatic hydroxyl groups excluding tert-OH is 1. The number of benzene rings is 4. The fourth-order valence-electron chi connectivity index (χ4n) is 6.37. The smallest absolute Gasteiger partial charge is 0.164 e. The van der Waals surface area contributed by atoms with Crippen LogP contribution in [0.2, 0.25) is 0 Å². The first kappa shape index (κ1) is 39.5. The minimum absolute atomic E-state index is 0. The molecule has 2 heterocycles. The van der Waals surface area contributed by atoms with Gasteiger partial charge in [0.2, 0.25) is 0 Å². The predicted molar refractivity (Wildman–Crippen MR) is 207 cm³/mol. The summed E-state index contributed by atoms with van der Waals surface area (Å²) >= 11 is 0. The molecule has 1 N–H and O–H groups in total. The van der Waals surface area contributed by atoms with Crippen LogP contribution in [0.5, 0.6) is 0 Å². The van der Waals surface area contributed by atoms with E-state index in [0.29, 0.717) is 0 Å². The van der Waals surface area contributed by atoms with Crippen molar-refractivity contribution in [1.29, 1.82) is 0 Å². The normalized spacial score (nSPS) is 12.1. The van der Waals surface area contributed by atoms with E-state index < -0.39 is 0 Å². The van der Waals surface area contributed by atoms with Crippen molar-refractivity contribution in [3.8, 4) is 22.4 Å². The molecule has 0 spiro atoms. The zero-order valence-electron chi connectivity index (χ0n) is 30.9. The van der Waals surface area contributed by atoms with Crippen molar-refractivity contribution in [1.82, 2.24) is 9.97 Å². The molecule has 0 aliphatic rings. The van der Waals surface area contributed by atoms with Gasteiger partial charge in [0.05, 0.1) is 11.7 Å². The van der Waals surface area contributed by atoms with Gasteiger partial charge in [-0.15, -0.1) is 34.9 Å². The number of pyridine rings is 2. The third-order valence-corrected chi connectivity index (χ3v) is 10.8. The molecule has 0 atom stereocenters. The SMILES string of the molecule is CCC(C)(CC)C(=O)/C=C(\O)C(C)(CC)CC.Cc1[c-]c(-c2nccc3c2ccc2cc(-c4ccc5cc(F)cnc5c4)ccc23)cc(C)c1.[Ir]. The Morgan fingerprint density at radius 2 is 1.39 bits per heavy atom. The van der Waals surface area contributed by atoms with Crippen LogP contribution in [-0.2, 0) is 24.9 Å². The second-order valence-electron chi connectivity index (χ2n) is 14.0. The Morgan fingerprint density at radius 1 is 0.765 bits per heavy atom. The molecule has 0 aliphatic carbocycles. The summed E-state index contributed by atoms with van der Waals surface area (Å²) in [5.41, 5.74) is 6.64. The van der Waals surface area contributed by atoms with Crippen molar-refractivity contribution in [3.05, 3.63) is 120 Å². The third-order valence-electron chi connectivity index (χ3n) is 10.8. The Balaban J connectivity index is 0.000000279. The molecular weight excluding hydrogens is 812 g/mol. The fourth-order valence-corrected chi connectivity index (χ4v) is 6.37. The van der Waals surface area contributed by atoms with Gasteiger partial charge in [0.15, 0.2) is 5.78 Å². The maximum absolute atomic E-state index is 13.5. The number of ketones is 1. The van der Waals surface area contributed by atoms with Gasteiger partial charge in [-0.1, -0.05) is 91.8 Å². The fraction of sp³-hybridized carbons (Fsp3) is 0.311. The molecule has 0 bridgehead atoms. The van der Waals surface area contributed by atoms with E-state index in [4.69, 9.17) is 4.98 Å². The molecule has 0 amide bonds. The molecule has 51 heavy (non-hydrogen) atoms. The van der Waals surface area contributed by atoms with E-state index >= 15 is 0 Å². The number of carbonyl (C=O) groups excluding carboxylic acids is 1. The summed E-state index contributed by atoms with van der Waals surface area (Å²) in [5.74, 6) is -0.0335. The number of fused-ring (bicyclic) bond motifs is 4. The number of aromatic nitrogens is 2. The van der Waals surface area contributed by atoms with Crippen molar-refractivity contribution in [2.75, 3.05) is 0 Å². The van der Waals surface area contributed by atoms with Crippen molar-refractivity contribution >= 4 is 38.2 Å². The summed E-state index contributed by atoms with van der Waals surface area (Å²) in [7, 11) is 0. The quantitative estimate of drug-likeness (QED) is 0.0681. The number of nitrogens with zero attached hydrogens (tertiary/aromatic N) is 2. The molecule has 0 fully saturated rings. The molecule has 0 saturated heterocycles. The summed E-state index contributed by atoms with van der Waals surface area (Å²) in [4.78, 5) is 21.1. The average molecular weight is 860 g/mol. The molecular formula is C45H48FIrN2O2-. The maximum atomic E-state index is 13.5. The Bertz CT molecular complexity index is 2200. The van der Waals surface area contributed by atoms with Gasteiger partial charge in [-0.05, 0) is 88.3 Å². The van der Waals surface area contributed by atoms with Crippen LogP contribution in [0.3, 0.4) is 0 Å². The Hall–Kier alpha value is -4.25. The van der Waals surface area contributed by atoms with Crippen LogP contribution >= 0.6 is 0 Å². The van der Waals surface area contributed by atoms with Crippen molar-refractivity contribution < 1.29 is 34.4 Å². The molecule has 267 valence electrons. The summed E-state index contributed by atoms with van der Waals surface area (Å²) in [6, 6.07) is 28.1. The third kappa shape index (κ3) is 8.46. The number of aryl methyl sites for hydroxylation is 2. The number of aliphatic hydroxyl groups is 1. The summed E-state index contributed by atoms with van der Waals surface area (Å²) in [6.07, 6.45) is 7.90. The molecule has 4 aromatic carbocycles. The molecule has 6 rings (SSSR count). The molecule has 6 heteroatoms. The van der Waals surface area contributed by atoms with Crippen LogP contribution in [0.25, 0.3) is 54.8 Å². The van der Waals surface area contributed by atoms with E-state index in [-0.39, 0.29) is 48.3 Å². The van der Waals surface area contributed by atoms with Crippen molar-refractivity contribution in [2.24, 2.45) is 10.8 Å². The van der Waals surface area contributed by atoms with Gasteiger partial charge in [0, 0.05) is 48.6 Å². The van der Waals surface area contributed by atoms with Gasteiger partial charge < -0.3 is 10.1 Å². The van der Waals surface area contributed by atoms with Gasteiger partial charge in [0.1, 0.15) is 11.6 Å².